The van der Waals surface area contributed by atoms with E-state index in [-0.39, 0.29) is 4.90 Å². The van der Waals surface area contributed by atoms with Crippen LogP contribution in [0.2, 0.25) is 0 Å². The number of hydrogen-bond acceptors (Lipinski definition) is 4. The third-order valence-corrected chi connectivity index (χ3v) is 5.95. The number of allylic oxidation sites excluding steroid dienone is 2. The number of carbonyl (C=O) groups excluding carboxylic acids is 1. The molecule has 3 aromatic rings. The molecular formula is C25H23NO4S. The number of rotatable bonds is 7. The molecule has 31 heavy (non-hydrogen) atoms. The van der Waals surface area contributed by atoms with Crippen molar-refractivity contribution in [2.24, 2.45) is 0 Å². The largest absolute Gasteiger partial charge is 0.465 e. The minimum atomic E-state index is -3.73. The minimum absolute atomic E-state index is 0.189. The fraction of sp³-hybridized carbons (Fsp3) is 0.0800. The third-order valence-electron chi connectivity index (χ3n) is 4.57. The van der Waals surface area contributed by atoms with Gasteiger partial charge in [-0.3, -0.25) is 4.72 Å². The molecule has 0 saturated heterocycles. The fourth-order valence-electron chi connectivity index (χ4n) is 2.91. The second-order valence-electron chi connectivity index (χ2n) is 6.80. The van der Waals surface area contributed by atoms with Crippen molar-refractivity contribution in [1.29, 1.82) is 0 Å². The van der Waals surface area contributed by atoms with Gasteiger partial charge in [0.15, 0.2) is 0 Å². The van der Waals surface area contributed by atoms with Crippen molar-refractivity contribution in [3.8, 4) is 0 Å². The van der Waals surface area contributed by atoms with Crippen LogP contribution in [-0.4, -0.2) is 21.5 Å². The highest BCUT2D eigenvalue weighted by molar-refractivity contribution is 7.92. The summed E-state index contributed by atoms with van der Waals surface area (Å²) in [5.41, 5.74) is 3.21. The Kier molecular flexibility index (Phi) is 7.05. The third kappa shape index (κ3) is 5.71. The van der Waals surface area contributed by atoms with Gasteiger partial charge in [-0.2, -0.15) is 0 Å². The zero-order chi connectivity index (χ0) is 22.3. The monoisotopic (exact) mass is 433 g/mol. The summed E-state index contributed by atoms with van der Waals surface area (Å²) in [4.78, 5) is 12.4. The van der Waals surface area contributed by atoms with Crippen LogP contribution in [0, 0.1) is 6.92 Å². The van der Waals surface area contributed by atoms with Crippen molar-refractivity contribution in [3.63, 3.8) is 0 Å². The van der Waals surface area contributed by atoms with E-state index < -0.39 is 16.0 Å². The number of aryl methyl sites for hydroxylation is 1. The van der Waals surface area contributed by atoms with E-state index in [1.165, 1.54) is 7.11 Å². The number of ether oxygens (including phenoxy) is 1. The van der Waals surface area contributed by atoms with E-state index >= 15 is 0 Å². The first-order valence-corrected chi connectivity index (χ1v) is 11.1. The van der Waals surface area contributed by atoms with Crippen LogP contribution < -0.4 is 4.72 Å². The molecule has 0 aromatic heterocycles. The summed E-state index contributed by atoms with van der Waals surface area (Å²) in [6.45, 7) is 1.90. The molecular weight excluding hydrogens is 410 g/mol. The SMILES string of the molecule is COC(=O)/C(=C/C=C/c1ccccc1NS(=O)(=O)c1ccc(C)cc1)c1ccccc1. The highest BCUT2D eigenvalue weighted by Gasteiger charge is 2.15. The molecule has 0 heterocycles. The number of benzene rings is 3. The van der Waals surface area contributed by atoms with Gasteiger partial charge in [0.25, 0.3) is 10.0 Å². The Balaban J connectivity index is 1.89. The van der Waals surface area contributed by atoms with Crippen molar-refractivity contribution in [3.05, 3.63) is 108 Å². The molecule has 0 atom stereocenters. The number of sulfonamides is 1. The van der Waals surface area contributed by atoms with Crippen LogP contribution in [0.4, 0.5) is 5.69 Å². The number of carbonyl (C=O) groups is 1. The molecule has 0 aliphatic heterocycles. The average molecular weight is 434 g/mol. The number of nitrogens with one attached hydrogen (secondary N) is 1. The van der Waals surface area contributed by atoms with Crippen LogP contribution in [0.3, 0.4) is 0 Å². The van der Waals surface area contributed by atoms with Gasteiger partial charge < -0.3 is 4.74 Å². The fourth-order valence-corrected chi connectivity index (χ4v) is 4.00. The van der Waals surface area contributed by atoms with E-state index in [4.69, 9.17) is 4.74 Å². The lowest BCUT2D eigenvalue weighted by molar-refractivity contribution is -0.133. The van der Waals surface area contributed by atoms with Crippen molar-refractivity contribution < 1.29 is 17.9 Å². The van der Waals surface area contributed by atoms with E-state index in [2.05, 4.69) is 4.72 Å². The number of para-hydroxylation sites is 1. The second-order valence-corrected chi connectivity index (χ2v) is 8.49. The van der Waals surface area contributed by atoms with Gasteiger partial charge in [-0.15, -0.1) is 0 Å². The summed E-state index contributed by atoms with van der Waals surface area (Å²) in [5, 5.41) is 0. The Morgan fingerprint density at radius 3 is 2.23 bits per heavy atom. The highest BCUT2D eigenvalue weighted by Crippen LogP contribution is 2.22. The lowest BCUT2D eigenvalue weighted by Gasteiger charge is -2.11. The average Bonchev–Trinajstić information content (AvgIpc) is 2.78. The van der Waals surface area contributed by atoms with Crippen molar-refractivity contribution in [2.75, 3.05) is 11.8 Å². The van der Waals surface area contributed by atoms with Crippen LogP contribution >= 0.6 is 0 Å². The molecule has 3 aromatic carbocycles. The molecule has 0 spiro atoms. The Bertz CT molecular complexity index is 1210. The summed E-state index contributed by atoms with van der Waals surface area (Å²) in [5.74, 6) is -0.454. The molecule has 0 bridgehead atoms. The Hall–Kier alpha value is -3.64. The Labute approximate surface area is 182 Å². The van der Waals surface area contributed by atoms with Crippen LogP contribution in [0.25, 0.3) is 11.6 Å². The summed E-state index contributed by atoms with van der Waals surface area (Å²) < 4.78 is 33.0. The van der Waals surface area contributed by atoms with Crippen molar-refractivity contribution in [2.45, 2.75) is 11.8 Å². The van der Waals surface area contributed by atoms with E-state index in [0.29, 0.717) is 16.8 Å². The lowest BCUT2D eigenvalue weighted by atomic mass is 10.1. The van der Waals surface area contributed by atoms with Crippen molar-refractivity contribution in [1.82, 2.24) is 0 Å². The van der Waals surface area contributed by atoms with E-state index in [1.807, 2.05) is 43.3 Å². The molecule has 3 rings (SSSR count). The first-order valence-electron chi connectivity index (χ1n) is 9.61. The maximum atomic E-state index is 12.8. The molecule has 0 fully saturated rings. The predicted molar refractivity (Wildman–Crippen MR) is 124 cm³/mol. The summed E-state index contributed by atoms with van der Waals surface area (Å²) in [6, 6.07) is 22.9. The molecule has 0 radical (unpaired) electrons. The van der Waals surface area contributed by atoms with Gasteiger partial charge in [-0.05, 0) is 42.3 Å². The van der Waals surface area contributed by atoms with Crippen molar-refractivity contribution >= 4 is 33.3 Å². The summed E-state index contributed by atoms with van der Waals surface area (Å²) in [7, 11) is -2.40. The van der Waals surface area contributed by atoms with E-state index in [1.54, 1.807) is 60.7 Å². The first-order chi connectivity index (χ1) is 14.9. The normalized spacial score (nSPS) is 12.0. The molecule has 0 aliphatic rings. The van der Waals surface area contributed by atoms with Gasteiger partial charge in [0.05, 0.1) is 23.3 Å². The van der Waals surface area contributed by atoms with Gasteiger partial charge in [-0.1, -0.05) is 78.4 Å². The standard InChI is InChI=1S/C25H23NO4S/c1-19-15-17-22(18-16-19)31(28,29)26-24-14-7-6-11-21(24)12-8-13-23(25(27)30-2)20-9-4-3-5-10-20/h3-18,26H,1-2H3/b12-8+,23-13+. The topological polar surface area (TPSA) is 72.5 Å². The molecule has 158 valence electrons. The van der Waals surface area contributed by atoms with Crippen LogP contribution in [0.1, 0.15) is 16.7 Å². The Morgan fingerprint density at radius 1 is 0.903 bits per heavy atom. The van der Waals surface area contributed by atoms with Crippen LogP contribution in [-0.2, 0) is 19.6 Å². The van der Waals surface area contributed by atoms with Gasteiger partial charge in [0.1, 0.15) is 0 Å². The van der Waals surface area contributed by atoms with Gasteiger partial charge in [0.2, 0.25) is 0 Å². The zero-order valence-corrected chi connectivity index (χ0v) is 18.1. The van der Waals surface area contributed by atoms with Gasteiger partial charge in [-0.25, -0.2) is 13.2 Å². The summed E-state index contributed by atoms with van der Waals surface area (Å²) >= 11 is 0. The van der Waals surface area contributed by atoms with Gasteiger partial charge in [0, 0.05) is 0 Å². The first kappa shape index (κ1) is 22.1. The summed E-state index contributed by atoms with van der Waals surface area (Å²) in [6.07, 6.45) is 5.07. The maximum absolute atomic E-state index is 12.8. The smallest absolute Gasteiger partial charge is 0.338 e. The molecule has 0 amide bonds. The predicted octanol–water partition coefficient (Wildman–Crippen LogP) is 5.07. The molecule has 0 saturated carbocycles. The Morgan fingerprint density at radius 2 is 1.55 bits per heavy atom. The molecule has 0 unspecified atom stereocenters. The van der Waals surface area contributed by atoms with E-state index in [0.717, 1.165) is 11.1 Å². The quantitative estimate of drug-likeness (QED) is 0.321. The number of methoxy groups -OCH3 is 1. The molecule has 0 aliphatic carbocycles. The maximum Gasteiger partial charge on any atom is 0.338 e. The second kappa shape index (κ2) is 9.91. The number of esters is 1. The van der Waals surface area contributed by atoms with Gasteiger partial charge >= 0.3 is 5.97 Å². The van der Waals surface area contributed by atoms with Crippen LogP contribution in [0.5, 0.6) is 0 Å². The van der Waals surface area contributed by atoms with Crippen LogP contribution in [0.15, 0.2) is 95.9 Å². The molecule has 5 nitrogen and oxygen atoms in total. The minimum Gasteiger partial charge on any atom is -0.465 e. The lowest BCUT2D eigenvalue weighted by Crippen LogP contribution is -2.13. The number of anilines is 1. The zero-order valence-electron chi connectivity index (χ0n) is 17.3. The van der Waals surface area contributed by atoms with E-state index in [9.17, 15) is 13.2 Å². The number of hydrogen-bond donors (Lipinski definition) is 1. The molecule has 6 heteroatoms. The molecule has 1 N–H and O–H groups in total. The highest BCUT2D eigenvalue weighted by atomic mass is 32.2.